The van der Waals surface area contributed by atoms with Crippen LogP contribution in [0.2, 0.25) is 0 Å². The zero-order valence-electron chi connectivity index (χ0n) is 13.5. The number of hydrogen-bond acceptors (Lipinski definition) is 4. The Balaban J connectivity index is 1.61. The molecule has 0 saturated carbocycles. The number of rotatable bonds is 6. The van der Waals surface area contributed by atoms with E-state index in [0.29, 0.717) is 24.1 Å². The number of nitrogens with one attached hydrogen (secondary N) is 1. The van der Waals surface area contributed by atoms with E-state index in [-0.39, 0.29) is 0 Å². The topological polar surface area (TPSA) is 51.0 Å². The zero-order valence-corrected chi connectivity index (χ0v) is 13.5. The standard InChI is InChI=1S/C19H21N3O/c1-14(2)16-10-6-7-11-17(16)20-13-12-18-21-22-19(23-18)15-8-4-3-5-9-15/h3-11,14,20H,12-13H2,1-2H3. The Morgan fingerprint density at radius 3 is 2.48 bits per heavy atom. The molecular formula is C19H21N3O. The minimum Gasteiger partial charge on any atom is -0.421 e. The molecule has 0 amide bonds. The maximum Gasteiger partial charge on any atom is 0.247 e. The van der Waals surface area contributed by atoms with Gasteiger partial charge in [-0.05, 0) is 29.7 Å². The SMILES string of the molecule is CC(C)c1ccccc1NCCc1nnc(-c2ccccc2)o1. The van der Waals surface area contributed by atoms with Gasteiger partial charge in [-0.2, -0.15) is 0 Å². The van der Waals surface area contributed by atoms with Gasteiger partial charge in [-0.25, -0.2) is 0 Å². The summed E-state index contributed by atoms with van der Waals surface area (Å²) in [5.74, 6) is 1.72. The minimum absolute atomic E-state index is 0.492. The Morgan fingerprint density at radius 2 is 1.70 bits per heavy atom. The van der Waals surface area contributed by atoms with Gasteiger partial charge in [0.25, 0.3) is 0 Å². The lowest BCUT2D eigenvalue weighted by molar-refractivity contribution is 0.509. The van der Waals surface area contributed by atoms with E-state index >= 15 is 0 Å². The summed E-state index contributed by atoms with van der Waals surface area (Å²) in [6.07, 6.45) is 0.701. The van der Waals surface area contributed by atoms with Crippen LogP contribution in [-0.2, 0) is 6.42 Å². The van der Waals surface area contributed by atoms with Crippen LogP contribution < -0.4 is 5.32 Å². The van der Waals surface area contributed by atoms with Crippen LogP contribution in [0.15, 0.2) is 59.0 Å². The van der Waals surface area contributed by atoms with Crippen LogP contribution in [0.25, 0.3) is 11.5 Å². The molecule has 0 bridgehead atoms. The molecule has 4 nitrogen and oxygen atoms in total. The predicted molar refractivity (Wildman–Crippen MR) is 92.5 cm³/mol. The Labute approximate surface area is 136 Å². The summed E-state index contributed by atoms with van der Waals surface area (Å²) in [7, 11) is 0. The fourth-order valence-corrected chi connectivity index (χ4v) is 2.52. The first kappa shape index (κ1) is 15.3. The van der Waals surface area contributed by atoms with E-state index in [1.807, 2.05) is 30.3 Å². The van der Waals surface area contributed by atoms with E-state index in [1.54, 1.807) is 0 Å². The molecule has 118 valence electrons. The van der Waals surface area contributed by atoms with E-state index < -0.39 is 0 Å². The molecule has 1 aromatic heterocycles. The quantitative estimate of drug-likeness (QED) is 0.727. The first-order valence-corrected chi connectivity index (χ1v) is 7.94. The van der Waals surface area contributed by atoms with Crippen molar-refractivity contribution in [2.45, 2.75) is 26.2 Å². The van der Waals surface area contributed by atoms with Crippen LogP contribution in [0, 0.1) is 0 Å². The molecule has 0 atom stereocenters. The summed E-state index contributed by atoms with van der Waals surface area (Å²) in [5, 5.41) is 11.7. The zero-order chi connectivity index (χ0) is 16.1. The molecule has 1 N–H and O–H groups in total. The highest BCUT2D eigenvalue weighted by Gasteiger charge is 2.09. The van der Waals surface area contributed by atoms with Crippen LogP contribution >= 0.6 is 0 Å². The predicted octanol–water partition coefficient (Wildman–Crippen LogP) is 4.51. The van der Waals surface area contributed by atoms with Gasteiger partial charge in [-0.1, -0.05) is 50.2 Å². The Hall–Kier alpha value is -2.62. The Bertz CT molecular complexity index is 750. The Kier molecular flexibility index (Phi) is 4.71. The van der Waals surface area contributed by atoms with E-state index in [4.69, 9.17) is 4.42 Å². The highest BCUT2D eigenvalue weighted by Crippen LogP contribution is 2.23. The van der Waals surface area contributed by atoms with E-state index in [1.165, 1.54) is 11.3 Å². The first-order valence-electron chi connectivity index (χ1n) is 7.94. The van der Waals surface area contributed by atoms with Gasteiger partial charge < -0.3 is 9.73 Å². The first-order chi connectivity index (χ1) is 11.2. The van der Waals surface area contributed by atoms with Crippen molar-refractivity contribution in [1.82, 2.24) is 10.2 Å². The van der Waals surface area contributed by atoms with Gasteiger partial charge in [0, 0.05) is 24.2 Å². The van der Waals surface area contributed by atoms with Crippen LogP contribution in [0.3, 0.4) is 0 Å². The Morgan fingerprint density at radius 1 is 0.957 bits per heavy atom. The molecule has 0 aliphatic carbocycles. The summed E-state index contributed by atoms with van der Waals surface area (Å²) in [4.78, 5) is 0. The summed E-state index contributed by atoms with van der Waals surface area (Å²) in [5.41, 5.74) is 3.44. The van der Waals surface area contributed by atoms with Gasteiger partial charge in [0.1, 0.15) is 0 Å². The van der Waals surface area contributed by atoms with Crippen molar-refractivity contribution < 1.29 is 4.42 Å². The second-order valence-electron chi connectivity index (χ2n) is 5.79. The molecule has 0 aliphatic rings. The smallest absolute Gasteiger partial charge is 0.247 e. The molecule has 4 heteroatoms. The van der Waals surface area contributed by atoms with Crippen molar-refractivity contribution >= 4 is 5.69 Å². The van der Waals surface area contributed by atoms with E-state index in [2.05, 4.69) is 53.6 Å². The summed E-state index contributed by atoms with van der Waals surface area (Å²) >= 11 is 0. The molecular weight excluding hydrogens is 286 g/mol. The molecule has 3 aromatic rings. The third kappa shape index (κ3) is 3.77. The molecule has 0 aliphatic heterocycles. The number of nitrogens with zero attached hydrogens (tertiary/aromatic N) is 2. The van der Waals surface area contributed by atoms with Crippen molar-refractivity contribution in [2.24, 2.45) is 0 Å². The lowest BCUT2D eigenvalue weighted by Crippen LogP contribution is -2.07. The molecule has 0 unspecified atom stereocenters. The van der Waals surface area contributed by atoms with Crippen LogP contribution in [-0.4, -0.2) is 16.7 Å². The van der Waals surface area contributed by atoms with Gasteiger partial charge in [0.2, 0.25) is 11.8 Å². The largest absolute Gasteiger partial charge is 0.421 e. The number of hydrogen-bond donors (Lipinski definition) is 1. The van der Waals surface area contributed by atoms with Gasteiger partial charge in [-0.3, -0.25) is 0 Å². The molecule has 0 fully saturated rings. The third-order valence-corrected chi connectivity index (χ3v) is 3.72. The van der Waals surface area contributed by atoms with Crippen LogP contribution in [0.1, 0.15) is 31.2 Å². The van der Waals surface area contributed by atoms with Crippen LogP contribution in [0.4, 0.5) is 5.69 Å². The number of anilines is 1. The van der Waals surface area contributed by atoms with Crippen molar-refractivity contribution in [2.75, 3.05) is 11.9 Å². The highest BCUT2D eigenvalue weighted by molar-refractivity contribution is 5.53. The van der Waals surface area contributed by atoms with Gasteiger partial charge in [0.05, 0.1) is 0 Å². The normalized spacial score (nSPS) is 10.9. The minimum atomic E-state index is 0.492. The van der Waals surface area contributed by atoms with Crippen LogP contribution in [0.5, 0.6) is 0 Å². The van der Waals surface area contributed by atoms with Gasteiger partial charge in [-0.15, -0.1) is 10.2 Å². The summed E-state index contributed by atoms with van der Waals surface area (Å²) in [6, 6.07) is 18.2. The molecule has 0 radical (unpaired) electrons. The molecule has 2 aromatic carbocycles. The monoisotopic (exact) mass is 307 g/mol. The fraction of sp³-hybridized carbons (Fsp3) is 0.263. The van der Waals surface area contributed by atoms with Crippen molar-refractivity contribution in [3.05, 3.63) is 66.1 Å². The molecule has 3 rings (SSSR count). The maximum absolute atomic E-state index is 5.72. The average molecular weight is 307 g/mol. The third-order valence-electron chi connectivity index (χ3n) is 3.72. The molecule has 0 spiro atoms. The lowest BCUT2D eigenvalue weighted by atomic mass is 10.0. The summed E-state index contributed by atoms with van der Waals surface area (Å²) in [6.45, 7) is 5.16. The van der Waals surface area contributed by atoms with Gasteiger partial charge >= 0.3 is 0 Å². The van der Waals surface area contributed by atoms with Crippen molar-refractivity contribution in [3.8, 4) is 11.5 Å². The van der Waals surface area contributed by atoms with Crippen molar-refractivity contribution in [1.29, 1.82) is 0 Å². The molecule has 0 saturated heterocycles. The maximum atomic E-state index is 5.72. The highest BCUT2D eigenvalue weighted by atomic mass is 16.4. The number of aromatic nitrogens is 2. The fourth-order valence-electron chi connectivity index (χ4n) is 2.52. The average Bonchev–Trinajstić information content (AvgIpc) is 3.05. The number of para-hydroxylation sites is 1. The molecule has 1 heterocycles. The van der Waals surface area contributed by atoms with E-state index in [9.17, 15) is 0 Å². The van der Waals surface area contributed by atoms with E-state index in [0.717, 1.165) is 12.1 Å². The second kappa shape index (κ2) is 7.09. The van der Waals surface area contributed by atoms with Gasteiger partial charge in [0.15, 0.2) is 0 Å². The van der Waals surface area contributed by atoms with Crippen molar-refractivity contribution in [3.63, 3.8) is 0 Å². The second-order valence-corrected chi connectivity index (χ2v) is 5.79. The lowest BCUT2D eigenvalue weighted by Gasteiger charge is -2.13. The number of benzene rings is 2. The summed E-state index contributed by atoms with van der Waals surface area (Å²) < 4.78 is 5.72. The molecule has 23 heavy (non-hydrogen) atoms.